The van der Waals surface area contributed by atoms with Gasteiger partial charge in [0.25, 0.3) is 0 Å². The zero-order valence-electron chi connectivity index (χ0n) is 13.0. The summed E-state index contributed by atoms with van der Waals surface area (Å²) in [6.45, 7) is 6.10. The first-order chi connectivity index (χ1) is 10.2. The third-order valence-corrected chi connectivity index (χ3v) is 5.85. The topological polar surface area (TPSA) is 26.7 Å². The van der Waals surface area contributed by atoms with Gasteiger partial charge in [0.1, 0.15) is 5.75 Å². The number of aromatic hydroxyl groups is 1. The smallest absolute Gasteiger partial charge is 0.119 e. The van der Waals surface area contributed by atoms with Crippen LogP contribution in [0.5, 0.6) is 5.75 Å². The van der Waals surface area contributed by atoms with Crippen LogP contribution in [-0.2, 0) is 6.42 Å². The highest BCUT2D eigenvalue weighted by Crippen LogP contribution is 2.42. The summed E-state index contributed by atoms with van der Waals surface area (Å²) >= 11 is 0. The average Bonchev–Trinajstić information content (AvgIpc) is 2.92. The summed E-state index contributed by atoms with van der Waals surface area (Å²) < 4.78 is 0. The van der Waals surface area contributed by atoms with Crippen LogP contribution in [0.3, 0.4) is 0 Å². The molecular formula is C18H26N2O. The van der Waals surface area contributed by atoms with Crippen LogP contribution < -0.4 is 0 Å². The molecule has 3 nitrogen and oxygen atoms in total. The van der Waals surface area contributed by atoms with Gasteiger partial charge in [-0.1, -0.05) is 18.6 Å². The number of hydrogen-bond acceptors (Lipinski definition) is 3. The Morgan fingerprint density at radius 2 is 2.05 bits per heavy atom. The number of piperazine rings is 1. The van der Waals surface area contributed by atoms with Crippen LogP contribution in [0.4, 0.5) is 0 Å². The number of piperidine rings is 1. The zero-order valence-corrected chi connectivity index (χ0v) is 13.0. The highest BCUT2D eigenvalue weighted by molar-refractivity contribution is 5.44. The molecule has 4 rings (SSSR count). The molecule has 0 bridgehead atoms. The summed E-state index contributed by atoms with van der Waals surface area (Å²) in [6, 6.07) is 7.98. The summed E-state index contributed by atoms with van der Waals surface area (Å²) in [6.07, 6.45) is 6.34. The lowest BCUT2D eigenvalue weighted by Crippen LogP contribution is -2.59. The first-order valence-electron chi connectivity index (χ1n) is 8.54. The van der Waals surface area contributed by atoms with Crippen LogP contribution in [0, 0.1) is 0 Å². The fourth-order valence-electron chi connectivity index (χ4n) is 4.77. The fraction of sp³-hybridized carbons (Fsp3) is 0.667. The average molecular weight is 286 g/mol. The molecule has 3 atom stereocenters. The highest BCUT2D eigenvalue weighted by atomic mass is 16.3. The molecule has 21 heavy (non-hydrogen) atoms. The Kier molecular flexibility index (Phi) is 3.43. The van der Waals surface area contributed by atoms with Gasteiger partial charge in [-0.15, -0.1) is 0 Å². The number of fused-ring (bicyclic) bond motifs is 2. The maximum Gasteiger partial charge on any atom is 0.119 e. The van der Waals surface area contributed by atoms with Crippen molar-refractivity contribution < 1.29 is 5.11 Å². The maximum absolute atomic E-state index is 10.1. The van der Waals surface area contributed by atoms with Crippen molar-refractivity contribution in [2.45, 2.75) is 57.2 Å². The van der Waals surface area contributed by atoms with Crippen molar-refractivity contribution in [3.05, 3.63) is 29.3 Å². The fourth-order valence-corrected chi connectivity index (χ4v) is 4.77. The molecule has 0 spiro atoms. The molecule has 0 aromatic heterocycles. The largest absolute Gasteiger partial charge is 0.508 e. The quantitative estimate of drug-likeness (QED) is 0.860. The molecule has 0 radical (unpaired) electrons. The molecule has 1 N–H and O–H groups in total. The van der Waals surface area contributed by atoms with Crippen LogP contribution in [0.2, 0.25) is 0 Å². The van der Waals surface area contributed by atoms with Gasteiger partial charge in [0.05, 0.1) is 0 Å². The van der Waals surface area contributed by atoms with Crippen molar-refractivity contribution in [3.8, 4) is 5.75 Å². The van der Waals surface area contributed by atoms with Gasteiger partial charge < -0.3 is 5.11 Å². The van der Waals surface area contributed by atoms with Gasteiger partial charge in [0.15, 0.2) is 0 Å². The normalized spacial score (nSPS) is 33.7. The second-order valence-electron chi connectivity index (χ2n) is 7.09. The molecule has 2 heterocycles. The van der Waals surface area contributed by atoms with Crippen molar-refractivity contribution in [1.82, 2.24) is 9.80 Å². The third kappa shape index (κ3) is 2.27. The van der Waals surface area contributed by atoms with Gasteiger partial charge in [0, 0.05) is 31.2 Å². The van der Waals surface area contributed by atoms with Crippen LogP contribution in [0.15, 0.2) is 18.2 Å². The molecular weight excluding hydrogens is 260 g/mol. The molecule has 3 aliphatic rings. The molecule has 114 valence electrons. The lowest BCUT2D eigenvalue weighted by Gasteiger charge is -2.49. The summed E-state index contributed by atoms with van der Waals surface area (Å²) in [5.41, 5.74) is 2.58. The molecule has 2 saturated heterocycles. The number of hydrogen-bond donors (Lipinski definition) is 1. The number of rotatable bonds is 1. The molecule has 0 amide bonds. The molecule has 1 aliphatic carbocycles. The summed E-state index contributed by atoms with van der Waals surface area (Å²) in [7, 11) is 0. The van der Waals surface area contributed by atoms with E-state index in [0.29, 0.717) is 17.8 Å². The Hall–Kier alpha value is -1.06. The van der Waals surface area contributed by atoms with Crippen molar-refractivity contribution in [3.63, 3.8) is 0 Å². The predicted molar refractivity (Wildman–Crippen MR) is 84.5 cm³/mol. The van der Waals surface area contributed by atoms with Gasteiger partial charge in [-0.2, -0.15) is 0 Å². The minimum Gasteiger partial charge on any atom is -0.508 e. The lowest BCUT2D eigenvalue weighted by molar-refractivity contribution is -0.00819. The summed E-state index contributed by atoms with van der Waals surface area (Å²) in [4.78, 5) is 5.43. The van der Waals surface area contributed by atoms with E-state index in [4.69, 9.17) is 0 Å². The third-order valence-electron chi connectivity index (χ3n) is 5.85. The minimum atomic E-state index is 0.499. The molecule has 0 saturated carbocycles. The van der Waals surface area contributed by atoms with Gasteiger partial charge >= 0.3 is 0 Å². The van der Waals surface area contributed by atoms with Crippen molar-refractivity contribution >= 4 is 0 Å². The highest BCUT2D eigenvalue weighted by Gasteiger charge is 2.39. The van der Waals surface area contributed by atoms with Gasteiger partial charge in [-0.25, -0.2) is 0 Å². The zero-order chi connectivity index (χ0) is 14.4. The second kappa shape index (κ2) is 5.29. The molecule has 1 aromatic carbocycles. The van der Waals surface area contributed by atoms with E-state index in [2.05, 4.69) is 22.8 Å². The number of benzene rings is 1. The lowest BCUT2D eigenvalue weighted by atomic mass is 9.94. The Morgan fingerprint density at radius 3 is 2.95 bits per heavy atom. The predicted octanol–water partition coefficient (Wildman–Crippen LogP) is 2.94. The second-order valence-corrected chi connectivity index (χ2v) is 7.09. The number of phenolic OH excluding ortho intramolecular Hbond substituents is 1. The van der Waals surface area contributed by atoms with E-state index in [1.807, 2.05) is 12.1 Å². The van der Waals surface area contributed by atoms with E-state index in [-0.39, 0.29) is 0 Å². The van der Waals surface area contributed by atoms with Gasteiger partial charge in [-0.05, 0) is 56.3 Å². The molecule has 1 aromatic rings. The Bertz CT molecular complexity index is 530. The minimum absolute atomic E-state index is 0.499. The Morgan fingerprint density at radius 1 is 1.14 bits per heavy atom. The van der Waals surface area contributed by atoms with Crippen LogP contribution >= 0.6 is 0 Å². The van der Waals surface area contributed by atoms with Crippen LogP contribution in [0.25, 0.3) is 0 Å². The van der Waals surface area contributed by atoms with Crippen LogP contribution in [-0.4, -0.2) is 46.6 Å². The van der Waals surface area contributed by atoms with E-state index in [0.717, 1.165) is 12.5 Å². The maximum atomic E-state index is 10.1. The van der Waals surface area contributed by atoms with Gasteiger partial charge in [0.2, 0.25) is 0 Å². The van der Waals surface area contributed by atoms with Crippen molar-refractivity contribution in [2.24, 2.45) is 0 Å². The first-order valence-corrected chi connectivity index (χ1v) is 8.54. The molecule has 3 unspecified atom stereocenters. The Balaban J connectivity index is 1.59. The van der Waals surface area contributed by atoms with E-state index >= 15 is 0 Å². The molecule has 2 fully saturated rings. The van der Waals surface area contributed by atoms with Crippen molar-refractivity contribution in [1.29, 1.82) is 0 Å². The standard InChI is InChI=1S/C18H26N2O/c1-13-11-19-10-3-2-5-14(19)12-20(13)17-9-8-16-15(17)6-4-7-18(16)21/h4,6-7,13-14,17,21H,2-3,5,8-12H2,1H3. The first kappa shape index (κ1) is 13.6. The van der Waals surface area contributed by atoms with Gasteiger partial charge in [-0.3, -0.25) is 9.80 Å². The summed E-state index contributed by atoms with van der Waals surface area (Å²) in [5, 5.41) is 10.1. The molecule has 3 heteroatoms. The Labute approximate surface area is 127 Å². The van der Waals surface area contributed by atoms with Crippen LogP contribution in [0.1, 0.15) is 49.8 Å². The van der Waals surface area contributed by atoms with E-state index in [9.17, 15) is 5.11 Å². The summed E-state index contributed by atoms with van der Waals surface area (Å²) in [5.74, 6) is 0.499. The van der Waals surface area contributed by atoms with E-state index in [1.165, 1.54) is 56.4 Å². The van der Waals surface area contributed by atoms with Crippen molar-refractivity contribution in [2.75, 3.05) is 19.6 Å². The van der Waals surface area contributed by atoms with E-state index in [1.54, 1.807) is 0 Å². The monoisotopic (exact) mass is 286 g/mol. The van der Waals surface area contributed by atoms with E-state index < -0.39 is 0 Å². The number of phenols is 1. The SMILES string of the molecule is CC1CN2CCCCC2CN1C1CCc2c(O)cccc21. The number of nitrogens with zero attached hydrogens (tertiary/aromatic N) is 2. The molecule has 2 aliphatic heterocycles.